The molecule has 3 aromatic rings. The summed E-state index contributed by atoms with van der Waals surface area (Å²) in [5.74, 6) is 0.737. The van der Waals surface area contributed by atoms with E-state index in [0.717, 1.165) is 74.7 Å². The van der Waals surface area contributed by atoms with Gasteiger partial charge in [-0.2, -0.15) is 0 Å². The van der Waals surface area contributed by atoms with E-state index in [1.165, 1.54) is 11.1 Å². The van der Waals surface area contributed by atoms with Gasteiger partial charge in [0, 0.05) is 61.7 Å². The molecule has 8 heteroatoms. The van der Waals surface area contributed by atoms with Crippen LogP contribution in [0.15, 0.2) is 59.4 Å². The summed E-state index contributed by atoms with van der Waals surface area (Å²) in [5, 5.41) is 7.23. The van der Waals surface area contributed by atoms with Crippen LogP contribution in [0.3, 0.4) is 0 Å². The van der Waals surface area contributed by atoms with E-state index in [-0.39, 0.29) is 17.4 Å². The van der Waals surface area contributed by atoms with Gasteiger partial charge < -0.3 is 25.0 Å². The molecule has 0 spiro atoms. The molecule has 4 heterocycles. The minimum Gasteiger partial charge on any atom is -0.369 e. The number of nitrogens with zero attached hydrogens (tertiary/aromatic N) is 3. The van der Waals surface area contributed by atoms with Gasteiger partial charge in [0.05, 0.1) is 11.4 Å². The number of piperidine rings is 1. The Bertz CT molecular complexity index is 1490. The van der Waals surface area contributed by atoms with Crippen LogP contribution < -0.4 is 21.1 Å². The fraction of sp³-hybridized carbons (Fsp3) is 0.387. The van der Waals surface area contributed by atoms with E-state index in [1.54, 1.807) is 6.07 Å². The summed E-state index contributed by atoms with van der Waals surface area (Å²) >= 11 is 5.74. The minimum atomic E-state index is 0.0685. The molecular weight excluding hydrogens is 506 g/mol. The van der Waals surface area contributed by atoms with Gasteiger partial charge in [-0.15, -0.1) is 0 Å². The maximum atomic E-state index is 13.3. The highest BCUT2D eigenvalue weighted by atomic mass is 32.1. The van der Waals surface area contributed by atoms with Crippen molar-refractivity contribution in [3.63, 3.8) is 0 Å². The molecule has 6 rings (SSSR count). The summed E-state index contributed by atoms with van der Waals surface area (Å²) in [7, 11) is 0. The molecule has 3 aliphatic rings. The highest BCUT2D eigenvalue weighted by molar-refractivity contribution is 7.80. The van der Waals surface area contributed by atoms with Crippen molar-refractivity contribution < 1.29 is 4.79 Å². The third-order valence-corrected chi connectivity index (χ3v) is 8.67. The number of aryl methyl sites for hydroxylation is 2. The smallest absolute Gasteiger partial charge is 0.253 e. The molecule has 2 fully saturated rings. The molecule has 202 valence electrons. The van der Waals surface area contributed by atoms with Crippen molar-refractivity contribution in [2.45, 2.75) is 45.6 Å². The maximum Gasteiger partial charge on any atom is 0.253 e. The first kappa shape index (κ1) is 25.6. The van der Waals surface area contributed by atoms with Gasteiger partial charge in [0.25, 0.3) is 11.5 Å². The number of carbonyl (C=O) groups is 1. The lowest BCUT2D eigenvalue weighted by atomic mass is 9.83. The third-order valence-electron chi connectivity index (χ3n) is 8.47. The Morgan fingerprint density at radius 3 is 2.54 bits per heavy atom. The van der Waals surface area contributed by atoms with Crippen molar-refractivity contribution in [2.24, 2.45) is 5.92 Å². The Morgan fingerprint density at radius 1 is 0.923 bits per heavy atom. The molecule has 0 unspecified atom stereocenters. The van der Waals surface area contributed by atoms with Crippen LogP contribution in [0.1, 0.15) is 52.4 Å². The van der Waals surface area contributed by atoms with Crippen molar-refractivity contribution in [1.82, 2.24) is 9.47 Å². The molecule has 2 saturated heterocycles. The quantitative estimate of drug-likeness (QED) is 0.446. The Kier molecular flexibility index (Phi) is 6.89. The van der Waals surface area contributed by atoms with E-state index >= 15 is 0 Å². The minimum absolute atomic E-state index is 0.0685. The Labute approximate surface area is 234 Å². The number of aromatic nitrogens is 1. The van der Waals surface area contributed by atoms with Crippen LogP contribution in [0.5, 0.6) is 0 Å². The first-order valence-corrected chi connectivity index (χ1v) is 14.3. The number of anilines is 3. The number of thiocarbonyl (C=S) groups is 1. The molecule has 2 aromatic carbocycles. The number of hydrogen-bond donors (Lipinski definition) is 2. The Balaban J connectivity index is 1.30. The van der Waals surface area contributed by atoms with Crippen LogP contribution in [0.25, 0.3) is 0 Å². The zero-order chi connectivity index (χ0) is 27.1. The van der Waals surface area contributed by atoms with Crippen LogP contribution in [0.2, 0.25) is 0 Å². The summed E-state index contributed by atoms with van der Waals surface area (Å²) in [6.07, 6.45) is 3.20. The van der Waals surface area contributed by atoms with Crippen LogP contribution in [-0.4, -0.2) is 46.7 Å². The zero-order valence-electron chi connectivity index (χ0n) is 22.6. The average Bonchev–Trinajstić information content (AvgIpc) is 3.46. The Hall–Kier alpha value is -3.65. The number of likely N-dealkylation sites (tertiary alicyclic amines) is 1. The summed E-state index contributed by atoms with van der Waals surface area (Å²) in [6, 6.07) is 17.8. The van der Waals surface area contributed by atoms with Crippen molar-refractivity contribution in [1.29, 1.82) is 0 Å². The average molecular weight is 542 g/mol. The van der Waals surface area contributed by atoms with Gasteiger partial charge in [0.15, 0.2) is 5.11 Å². The van der Waals surface area contributed by atoms with E-state index < -0.39 is 0 Å². The summed E-state index contributed by atoms with van der Waals surface area (Å²) in [4.78, 5) is 30.1. The molecule has 3 aliphatic heterocycles. The van der Waals surface area contributed by atoms with Gasteiger partial charge in [-0.05, 0) is 98.8 Å². The molecule has 0 aliphatic carbocycles. The van der Waals surface area contributed by atoms with Gasteiger partial charge in [0.2, 0.25) is 0 Å². The number of carbonyl (C=O) groups excluding carboxylic acids is 1. The van der Waals surface area contributed by atoms with Gasteiger partial charge in [0.1, 0.15) is 0 Å². The van der Waals surface area contributed by atoms with Crippen LogP contribution in [-0.2, 0) is 6.54 Å². The molecule has 2 N–H and O–H groups in total. The highest BCUT2D eigenvalue weighted by Crippen LogP contribution is 2.39. The molecule has 1 amide bonds. The number of rotatable bonds is 4. The summed E-state index contributed by atoms with van der Waals surface area (Å²) < 4.78 is 1.95. The fourth-order valence-corrected chi connectivity index (χ4v) is 6.57. The van der Waals surface area contributed by atoms with E-state index in [0.29, 0.717) is 16.6 Å². The van der Waals surface area contributed by atoms with Gasteiger partial charge in [-0.1, -0.05) is 12.1 Å². The third kappa shape index (κ3) is 5.17. The normalized spacial score (nSPS) is 19.9. The van der Waals surface area contributed by atoms with Crippen molar-refractivity contribution in [3.05, 3.63) is 87.3 Å². The molecule has 0 saturated carbocycles. The van der Waals surface area contributed by atoms with Crippen LogP contribution >= 0.6 is 12.2 Å². The SMILES string of the molecule is Cc1ccc(NC(=S)Nc2cc(C(=O)N3CCCC3)ccc2N2C[C@H]3C[C@@H](C2)c2cccc(=O)n2C3)cc1C. The standard InChI is InChI=1S/C31H35N5O2S/c1-20-8-10-25(14-21(20)2)32-31(39)33-26-16-23(30(38)34-12-3-4-13-34)9-11-28(26)35-17-22-15-24(19-35)27-6-5-7-29(37)36(27)18-22/h5-11,14,16,22,24H,3-4,12-13,15,17-19H2,1-2H3,(H2,32,33,39)/t22-,24+/m1/s1. The monoisotopic (exact) mass is 541 g/mol. The number of benzene rings is 2. The lowest BCUT2D eigenvalue weighted by molar-refractivity contribution is 0.0793. The van der Waals surface area contributed by atoms with E-state index in [1.807, 2.05) is 33.7 Å². The fourth-order valence-electron chi connectivity index (χ4n) is 6.34. The topological polar surface area (TPSA) is 69.6 Å². The van der Waals surface area contributed by atoms with E-state index in [2.05, 4.69) is 53.6 Å². The van der Waals surface area contributed by atoms with Crippen LogP contribution in [0.4, 0.5) is 17.1 Å². The van der Waals surface area contributed by atoms with Crippen molar-refractivity contribution >= 4 is 40.3 Å². The second kappa shape index (κ2) is 10.5. The van der Waals surface area contributed by atoms with Crippen molar-refractivity contribution in [3.8, 4) is 0 Å². The Morgan fingerprint density at radius 2 is 1.74 bits per heavy atom. The number of fused-ring (bicyclic) bond motifs is 4. The predicted octanol–water partition coefficient (Wildman–Crippen LogP) is 5.13. The second-order valence-electron chi connectivity index (χ2n) is 11.2. The summed E-state index contributed by atoms with van der Waals surface area (Å²) in [5.41, 5.74) is 7.08. The molecular formula is C31H35N5O2S. The largest absolute Gasteiger partial charge is 0.369 e. The lowest BCUT2D eigenvalue weighted by Crippen LogP contribution is -2.47. The first-order chi connectivity index (χ1) is 18.9. The molecule has 2 atom stereocenters. The van der Waals surface area contributed by atoms with Crippen molar-refractivity contribution in [2.75, 3.05) is 41.7 Å². The van der Waals surface area contributed by atoms with E-state index in [4.69, 9.17) is 12.2 Å². The molecule has 0 radical (unpaired) electrons. The molecule has 39 heavy (non-hydrogen) atoms. The second-order valence-corrected chi connectivity index (χ2v) is 11.6. The van der Waals surface area contributed by atoms with Crippen LogP contribution in [0, 0.1) is 19.8 Å². The lowest BCUT2D eigenvalue weighted by Gasteiger charge is -2.44. The summed E-state index contributed by atoms with van der Waals surface area (Å²) in [6.45, 7) is 8.20. The molecule has 1 aromatic heterocycles. The number of hydrogen-bond acceptors (Lipinski definition) is 4. The molecule has 7 nitrogen and oxygen atoms in total. The molecule has 2 bridgehead atoms. The van der Waals surface area contributed by atoms with Gasteiger partial charge >= 0.3 is 0 Å². The zero-order valence-corrected chi connectivity index (χ0v) is 23.4. The van der Waals surface area contributed by atoms with Gasteiger partial charge in [-0.3, -0.25) is 9.59 Å². The number of amides is 1. The first-order valence-electron chi connectivity index (χ1n) is 13.9. The van der Waals surface area contributed by atoms with Gasteiger partial charge in [-0.25, -0.2) is 0 Å². The highest BCUT2D eigenvalue weighted by Gasteiger charge is 2.35. The number of pyridine rings is 1. The predicted molar refractivity (Wildman–Crippen MR) is 161 cm³/mol. The number of nitrogens with one attached hydrogen (secondary N) is 2. The van der Waals surface area contributed by atoms with E-state index in [9.17, 15) is 9.59 Å². The maximum absolute atomic E-state index is 13.3.